The third-order valence-electron chi connectivity index (χ3n) is 5.90. The Hall–Kier alpha value is -0.120. The topological polar surface area (TPSA) is 18.5 Å². The lowest BCUT2D eigenvalue weighted by Gasteiger charge is -2.45. The third kappa shape index (κ3) is 3.55. The molecule has 2 atom stereocenters. The van der Waals surface area contributed by atoms with Gasteiger partial charge in [0.2, 0.25) is 0 Å². The maximum atomic E-state index is 3.40. The molecule has 2 saturated heterocycles. The normalized spacial score (nSPS) is 34.6. The van der Waals surface area contributed by atoms with Gasteiger partial charge in [-0.3, -0.25) is 9.80 Å². The zero-order valence-corrected chi connectivity index (χ0v) is 13.3. The molecule has 3 heteroatoms. The summed E-state index contributed by atoms with van der Waals surface area (Å²) in [4.78, 5) is 5.53. The maximum absolute atomic E-state index is 3.40. The quantitative estimate of drug-likeness (QED) is 0.797. The molecule has 0 amide bonds. The van der Waals surface area contributed by atoms with Gasteiger partial charge in [-0.1, -0.05) is 32.6 Å². The highest BCUT2D eigenvalue weighted by molar-refractivity contribution is 4.89. The molecule has 1 N–H and O–H groups in total. The van der Waals surface area contributed by atoms with Crippen molar-refractivity contribution in [1.82, 2.24) is 15.1 Å². The number of nitrogens with one attached hydrogen (secondary N) is 1. The van der Waals surface area contributed by atoms with E-state index in [2.05, 4.69) is 22.0 Å². The predicted molar refractivity (Wildman–Crippen MR) is 85.1 cm³/mol. The van der Waals surface area contributed by atoms with E-state index >= 15 is 0 Å². The molecule has 3 fully saturated rings. The molecule has 1 saturated carbocycles. The second-order valence-electron chi connectivity index (χ2n) is 7.20. The number of piperazine rings is 1. The predicted octanol–water partition coefficient (Wildman–Crippen LogP) is 2.32. The average molecular weight is 279 g/mol. The Morgan fingerprint density at radius 2 is 1.55 bits per heavy atom. The average Bonchev–Trinajstić information content (AvgIpc) is 2.64. The summed E-state index contributed by atoms with van der Waals surface area (Å²) in [7, 11) is 0. The Bertz CT molecular complexity index is 282. The Balaban J connectivity index is 1.43. The first-order valence-corrected chi connectivity index (χ1v) is 9.05. The van der Waals surface area contributed by atoms with E-state index in [1.54, 1.807) is 0 Å². The van der Waals surface area contributed by atoms with Crippen LogP contribution in [0.2, 0.25) is 0 Å². The van der Waals surface area contributed by atoms with E-state index in [1.165, 1.54) is 84.2 Å². The van der Waals surface area contributed by atoms with Crippen LogP contribution in [0.1, 0.15) is 51.9 Å². The van der Waals surface area contributed by atoms with Crippen molar-refractivity contribution in [2.75, 3.05) is 39.3 Å². The highest BCUT2D eigenvalue weighted by Gasteiger charge is 2.30. The fraction of sp³-hybridized carbons (Fsp3) is 1.00. The van der Waals surface area contributed by atoms with Crippen LogP contribution in [-0.2, 0) is 0 Å². The number of hydrogen-bond acceptors (Lipinski definition) is 3. The summed E-state index contributed by atoms with van der Waals surface area (Å²) in [6.07, 6.45) is 10.2. The zero-order chi connectivity index (χ0) is 13.8. The zero-order valence-electron chi connectivity index (χ0n) is 13.3. The Kier molecular flexibility index (Phi) is 5.36. The Morgan fingerprint density at radius 1 is 0.850 bits per heavy atom. The van der Waals surface area contributed by atoms with Crippen LogP contribution in [0, 0.1) is 5.92 Å². The van der Waals surface area contributed by atoms with Crippen molar-refractivity contribution in [1.29, 1.82) is 0 Å². The minimum absolute atomic E-state index is 0.847. The number of nitrogens with zero attached hydrogens (tertiary/aromatic N) is 2. The number of rotatable bonds is 4. The first-order chi connectivity index (χ1) is 9.86. The van der Waals surface area contributed by atoms with Crippen molar-refractivity contribution in [2.24, 2.45) is 5.92 Å². The van der Waals surface area contributed by atoms with Crippen LogP contribution >= 0.6 is 0 Å². The fourth-order valence-electron chi connectivity index (χ4n) is 4.42. The Labute approximate surface area is 125 Å². The van der Waals surface area contributed by atoms with Crippen molar-refractivity contribution in [2.45, 2.75) is 64.0 Å². The lowest BCUT2D eigenvalue weighted by molar-refractivity contribution is 0.0475. The third-order valence-corrected chi connectivity index (χ3v) is 5.90. The summed E-state index contributed by atoms with van der Waals surface area (Å²) in [6.45, 7) is 10.0. The SMILES string of the molecule is CCCC1CCCC(N2CCN(C3CNC3)CC2)CC1. The maximum Gasteiger partial charge on any atom is 0.0346 e. The van der Waals surface area contributed by atoms with E-state index in [-0.39, 0.29) is 0 Å². The smallest absolute Gasteiger partial charge is 0.0346 e. The van der Waals surface area contributed by atoms with E-state index in [9.17, 15) is 0 Å². The van der Waals surface area contributed by atoms with Gasteiger partial charge in [0.05, 0.1) is 0 Å². The molecule has 3 rings (SSSR count). The van der Waals surface area contributed by atoms with E-state index in [4.69, 9.17) is 0 Å². The van der Waals surface area contributed by atoms with E-state index in [1.807, 2.05) is 0 Å². The van der Waals surface area contributed by atoms with Crippen LogP contribution < -0.4 is 5.32 Å². The lowest BCUT2D eigenvalue weighted by atomic mass is 9.95. The van der Waals surface area contributed by atoms with Gasteiger partial charge in [0, 0.05) is 51.4 Å². The summed E-state index contributed by atoms with van der Waals surface area (Å²) < 4.78 is 0. The molecule has 0 spiro atoms. The van der Waals surface area contributed by atoms with Gasteiger partial charge in [-0.05, 0) is 25.2 Å². The highest BCUT2D eigenvalue weighted by atomic mass is 15.3. The molecular formula is C17H33N3. The Morgan fingerprint density at radius 3 is 2.15 bits per heavy atom. The van der Waals surface area contributed by atoms with Crippen LogP contribution in [0.3, 0.4) is 0 Å². The fourth-order valence-corrected chi connectivity index (χ4v) is 4.42. The molecule has 0 aromatic rings. The van der Waals surface area contributed by atoms with Crippen molar-refractivity contribution < 1.29 is 0 Å². The van der Waals surface area contributed by atoms with Gasteiger partial charge in [-0.15, -0.1) is 0 Å². The van der Waals surface area contributed by atoms with Crippen molar-refractivity contribution >= 4 is 0 Å². The molecule has 116 valence electrons. The lowest BCUT2D eigenvalue weighted by Crippen LogP contribution is -2.62. The van der Waals surface area contributed by atoms with E-state index in [0.29, 0.717) is 0 Å². The van der Waals surface area contributed by atoms with Crippen LogP contribution in [0.15, 0.2) is 0 Å². The molecule has 0 aromatic carbocycles. The summed E-state index contributed by atoms with van der Waals surface area (Å²) in [5, 5.41) is 3.40. The first kappa shape index (κ1) is 14.8. The molecule has 2 heterocycles. The molecule has 0 bridgehead atoms. The molecule has 1 aliphatic carbocycles. The van der Waals surface area contributed by atoms with Gasteiger partial charge >= 0.3 is 0 Å². The standard InChI is InChI=1S/C17H33N3/c1-2-4-15-5-3-6-16(8-7-15)19-9-11-20(12-10-19)17-13-18-14-17/h15-18H,2-14H2,1H3. The minimum atomic E-state index is 0.847. The molecule has 2 aliphatic heterocycles. The summed E-state index contributed by atoms with van der Waals surface area (Å²) in [6, 6.07) is 1.75. The van der Waals surface area contributed by atoms with Crippen LogP contribution in [0.5, 0.6) is 0 Å². The van der Waals surface area contributed by atoms with Crippen molar-refractivity contribution in [3.05, 3.63) is 0 Å². The van der Waals surface area contributed by atoms with E-state index < -0.39 is 0 Å². The van der Waals surface area contributed by atoms with Gasteiger partial charge in [-0.2, -0.15) is 0 Å². The van der Waals surface area contributed by atoms with Gasteiger partial charge in [0.25, 0.3) is 0 Å². The molecule has 0 aromatic heterocycles. The number of hydrogen-bond donors (Lipinski definition) is 1. The van der Waals surface area contributed by atoms with E-state index in [0.717, 1.165) is 18.0 Å². The van der Waals surface area contributed by atoms with Gasteiger partial charge < -0.3 is 5.32 Å². The molecule has 20 heavy (non-hydrogen) atoms. The monoisotopic (exact) mass is 279 g/mol. The molecule has 3 nitrogen and oxygen atoms in total. The van der Waals surface area contributed by atoms with Gasteiger partial charge in [0.15, 0.2) is 0 Å². The summed E-state index contributed by atoms with van der Waals surface area (Å²) in [5.74, 6) is 1.03. The first-order valence-electron chi connectivity index (χ1n) is 9.05. The highest BCUT2D eigenvalue weighted by Crippen LogP contribution is 2.29. The van der Waals surface area contributed by atoms with Crippen LogP contribution in [-0.4, -0.2) is 61.2 Å². The summed E-state index contributed by atoms with van der Waals surface area (Å²) in [5.41, 5.74) is 0. The van der Waals surface area contributed by atoms with Crippen molar-refractivity contribution in [3.8, 4) is 0 Å². The second-order valence-corrected chi connectivity index (χ2v) is 7.20. The molecule has 0 radical (unpaired) electrons. The molecular weight excluding hydrogens is 246 g/mol. The summed E-state index contributed by atoms with van der Waals surface area (Å²) >= 11 is 0. The van der Waals surface area contributed by atoms with Crippen LogP contribution in [0.25, 0.3) is 0 Å². The van der Waals surface area contributed by atoms with Gasteiger partial charge in [-0.25, -0.2) is 0 Å². The van der Waals surface area contributed by atoms with Crippen LogP contribution in [0.4, 0.5) is 0 Å². The molecule has 2 unspecified atom stereocenters. The van der Waals surface area contributed by atoms with Crippen molar-refractivity contribution in [3.63, 3.8) is 0 Å². The largest absolute Gasteiger partial charge is 0.314 e. The minimum Gasteiger partial charge on any atom is -0.314 e. The van der Waals surface area contributed by atoms with Gasteiger partial charge in [0.1, 0.15) is 0 Å². The second kappa shape index (κ2) is 7.24. The molecule has 3 aliphatic rings.